The summed E-state index contributed by atoms with van der Waals surface area (Å²) >= 11 is 11.7. The Morgan fingerprint density at radius 2 is 1.62 bits per heavy atom. The number of benzene rings is 1. The minimum Gasteiger partial charge on any atom is -0.396 e. The van der Waals surface area contributed by atoms with Crippen molar-refractivity contribution in [3.05, 3.63) is 28.2 Å². The highest BCUT2D eigenvalue weighted by Crippen LogP contribution is 2.24. The lowest BCUT2D eigenvalue weighted by Crippen LogP contribution is -2.34. The van der Waals surface area contributed by atoms with E-state index < -0.39 is 5.41 Å². The third-order valence-electron chi connectivity index (χ3n) is 2.35. The molecule has 3 N–H and O–H groups in total. The van der Waals surface area contributed by atoms with E-state index in [0.29, 0.717) is 16.6 Å². The molecule has 0 aromatic heterocycles. The summed E-state index contributed by atoms with van der Waals surface area (Å²) < 4.78 is 0. The second-order valence-electron chi connectivity index (χ2n) is 4.14. The van der Waals surface area contributed by atoms with E-state index in [1.54, 1.807) is 25.1 Å². The normalized spacial score (nSPS) is 11.6. The maximum atomic E-state index is 9.12. The molecule has 0 fully saturated rings. The van der Waals surface area contributed by atoms with Gasteiger partial charge in [0, 0.05) is 27.7 Å². The number of hydrogen-bond acceptors (Lipinski definition) is 3. The lowest BCUT2D eigenvalue weighted by atomic mass is 9.93. The first kappa shape index (κ1) is 13.6. The van der Waals surface area contributed by atoms with Crippen molar-refractivity contribution in [1.82, 2.24) is 0 Å². The van der Waals surface area contributed by atoms with Gasteiger partial charge in [0.1, 0.15) is 0 Å². The molecule has 0 aliphatic rings. The van der Waals surface area contributed by atoms with E-state index in [1.165, 1.54) is 0 Å². The SMILES string of the molecule is CC(CO)(CO)CNc1cc(Cl)cc(Cl)c1. The van der Waals surface area contributed by atoms with E-state index in [-0.39, 0.29) is 13.2 Å². The quantitative estimate of drug-likeness (QED) is 0.765. The fourth-order valence-electron chi connectivity index (χ4n) is 1.13. The average Bonchev–Trinajstić information content (AvgIpc) is 2.25. The van der Waals surface area contributed by atoms with Gasteiger partial charge >= 0.3 is 0 Å². The van der Waals surface area contributed by atoms with Crippen LogP contribution >= 0.6 is 23.2 Å². The minimum absolute atomic E-state index is 0.0925. The summed E-state index contributed by atoms with van der Waals surface area (Å²) in [6.07, 6.45) is 0. The van der Waals surface area contributed by atoms with Crippen molar-refractivity contribution in [3.8, 4) is 0 Å². The van der Waals surface area contributed by atoms with Crippen LogP contribution in [0.25, 0.3) is 0 Å². The van der Waals surface area contributed by atoms with Crippen molar-refractivity contribution in [2.45, 2.75) is 6.92 Å². The molecule has 0 saturated carbocycles. The maximum Gasteiger partial charge on any atom is 0.0523 e. The van der Waals surface area contributed by atoms with Gasteiger partial charge in [0.2, 0.25) is 0 Å². The van der Waals surface area contributed by atoms with Gasteiger partial charge in [-0.05, 0) is 18.2 Å². The van der Waals surface area contributed by atoms with Gasteiger partial charge in [-0.2, -0.15) is 0 Å². The predicted octanol–water partition coefficient (Wildman–Crippen LogP) is 2.40. The highest BCUT2D eigenvalue weighted by Gasteiger charge is 2.21. The van der Waals surface area contributed by atoms with Gasteiger partial charge < -0.3 is 15.5 Å². The van der Waals surface area contributed by atoms with Gasteiger partial charge in [-0.25, -0.2) is 0 Å². The Hall–Kier alpha value is -0.480. The number of halogens is 2. The van der Waals surface area contributed by atoms with Crippen molar-refractivity contribution in [3.63, 3.8) is 0 Å². The van der Waals surface area contributed by atoms with Crippen LogP contribution in [0, 0.1) is 5.41 Å². The van der Waals surface area contributed by atoms with Crippen molar-refractivity contribution >= 4 is 28.9 Å². The van der Waals surface area contributed by atoms with Crippen LogP contribution in [0.5, 0.6) is 0 Å². The number of hydrogen-bond donors (Lipinski definition) is 3. The molecule has 0 spiro atoms. The number of aliphatic hydroxyl groups is 2. The third-order valence-corrected chi connectivity index (χ3v) is 2.78. The molecule has 3 nitrogen and oxygen atoms in total. The first-order valence-corrected chi connectivity index (χ1v) is 5.66. The van der Waals surface area contributed by atoms with Crippen LogP contribution in [-0.4, -0.2) is 30.0 Å². The number of anilines is 1. The summed E-state index contributed by atoms with van der Waals surface area (Å²) in [5, 5.41) is 22.4. The molecule has 0 aliphatic heterocycles. The van der Waals surface area contributed by atoms with Crippen molar-refractivity contribution in [2.24, 2.45) is 5.41 Å². The molecule has 0 unspecified atom stereocenters. The summed E-state index contributed by atoms with van der Waals surface area (Å²) in [5.74, 6) is 0. The van der Waals surface area contributed by atoms with Crippen LogP contribution < -0.4 is 5.32 Å². The molecule has 90 valence electrons. The van der Waals surface area contributed by atoms with Crippen LogP contribution in [0.2, 0.25) is 10.0 Å². The molecule has 5 heteroatoms. The van der Waals surface area contributed by atoms with Crippen molar-refractivity contribution in [2.75, 3.05) is 25.1 Å². The molecule has 1 rings (SSSR count). The van der Waals surface area contributed by atoms with Gasteiger partial charge in [-0.15, -0.1) is 0 Å². The molecule has 0 amide bonds. The Morgan fingerprint density at radius 3 is 2.06 bits per heavy atom. The lowest BCUT2D eigenvalue weighted by molar-refractivity contribution is 0.0806. The predicted molar refractivity (Wildman–Crippen MR) is 67.2 cm³/mol. The zero-order valence-corrected chi connectivity index (χ0v) is 10.5. The number of nitrogens with one attached hydrogen (secondary N) is 1. The summed E-state index contributed by atoms with van der Waals surface area (Å²) in [7, 11) is 0. The molecule has 0 bridgehead atoms. The Balaban J connectivity index is 2.67. The Kier molecular flexibility index (Phi) is 4.87. The molecule has 0 saturated heterocycles. The van der Waals surface area contributed by atoms with Crippen LogP contribution in [0.1, 0.15) is 6.92 Å². The van der Waals surface area contributed by atoms with E-state index >= 15 is 0 Å². The largest absolute Gasteiger partial charge is 0.396 e. The molecule has 0 radical (unpaired) electrons. The minimum atomic E-state index is -0.561. The van der Waals surface area contributed by atoms with Gasteiger partial charge in [-0.1, -0.05) is 30.1 Å². The van der Waals surface area contributed by atoms with Gasteiger partial charge in [-0.3, -0.25) is 0 Å². The van der Waals surface area contributed by atoms with Gasteiger partial charge in [0.05, 0.1) is 13.2 Å². The van der Waals surface area contributed by atoms with E-state index in [9.17, 15) is 0 Å². The van der Waals surface area contributed by atoms with Gasteiger partial charge in [0.15, 0.2) is 0 Å². The maximum absolute atomic E-state index is 9.12. The topological polar surface area (TPSA) is 52.5 Å². The zero-order chi connectivity index (χ0) is 12.2. The zero-order valence-electron chi connectivity index (χ0n) is 9.00. The number of rotatable bonds is 5. The fourth-order valence-corrected chi connectivity index (χ4v) is 1.66. The monoisotopic (exact) mass is 263 g/mol. The van der Waals surface area contributed by atoms with E-state index in [2.05, 4.69) is 5.32 Å². The van der Waals surface area contributed by atoms with E-state index in [0.717, 1.165) is 5.69 Å². The summed E-state index contributed by atoms with van der Waals surface area (Å²) in [4.78, 5) is 0. The molecule has 1 aromatic rings. The highest BCUT2D eigenvalue weighted by atomic mass is 35.5. The van der Waals surface area contributed by atoms with E-state index in [4.69, 9.17) is 33.4 Å². The third kappa shape index (κ3) is 3.83. The van der Waals surface area contributed by atoms with Crippen molar-refractivity contribution in [1.29, 1.82) is 0 Å². The molecule has 16 heavy (non-hydrogen) atoms. The van der Waals surface area contributed by atoms with Crippen molar-refractivity contribution < 1.29 is 10.2 Å². The molecule has 1 aromatic carbocycles. The molecule has 0 atom stereocenters. The number of aliphatic hydroxyl groups excluding tert-OH is 2. The van der Waals surface area contributed by atoms with E-state index in [1.807, 2.05) is 0 Å². The molecular weight excluding hydrogens is 249 g/mol. The van der Waals surface area contributed by atoms with Crippen LogP contribution in [0.3, 0.4) is 0 Å². The second-order valence-corrected chi connectivity index (χ2v) is 5.01. The highest BCUT2D eigenvalue weighted by molar-refractivity contribution is 6.35. The Bertz CT molecular complexity index is 334. The lowest BCUT2D eigenvalue weighted by Gasteiger charge is -2.25. The average molecular weight is 264 g/mol. The molecular formula is C11H15Cl2NO2. The van der Waals surface area contributed by atoms with Gasteiger partial charge in [0.25, 0.3) is 0 Å². The Labute approximate surface area is 105 Å². The summed E-state index contributed by atoms with van der Waals surface area (Å²) in [5.41, 5.74) is 0.208. The summed E-state index contributed by atoms with van der Waals surface area (Å²) in [6, 6.07) is 5.12. The van der Waals surface area contributed by atoms with Crippen LogP contribution in [0.4, 0.5) is 5.69 Å². The smallest absolute Gasteiger partial charge is 0.0523 e. The van der Waals surface area contributed by atoms with Crippen LogP contribution in [-0.2, 0) is 0 Å². The Morgan fingerprint density at radius 1 is 1.12 bits per heavy atom. The first-order chi connectivity index (χ1) is 7.49. The second kappa shape index (κ2) is 5.73. The van der Waals surface area contributed by atoms with Crippen LogP contribution in [0.15, 0.2) is 18.2 Å². The standard InChI is InChI=1S/C11H15Cl2NO2/c1-11(6-15,7-16)5-14-10-3-8(12)2-9(13)4-10/h2-4,14-16H,5-7H2,1H3. The first-order valence-electron chi connectivity index (χ1n) is 4.91. The molecule has 0 heterocycles. The summed E-state index contributed by atoms with van der Waals surface area (Å²) in [6.45, 7) is 2.04. The fraction of sp³-hybridized carbons (Fsp3) is 0.455. The molecule has 0 aliphatic carbocycles.